The quantitative estimate of drug-likeness (QED) is 0.894. The van der Waals surface area contributed by atoms with Crippen molar-refractivity contribution in [3.8, 4) is 0 Å². The molecule has 2 aromatic rings. The van der Waals surface area contributed by atoms with Crippen LogP contribution in [-0.4, -0.2) is 25.6 Å². The van der Waals surface area contributed by atoms with Crippen molar-refractivity contribution in [3.63, 3.8) is 0 Å². The number of hydrogen-bond acceptors (Lipinski definition) is 3. The molecular weight excluding hydrogens is 230 g/mol. The third-order valence-electron chi connectivity index (χ3n) is 3.42. The van der Waals surface area contributed by atoms with E-state index in [0.29, 0.717) is 6.42 Å². The molecule has 2 atom stereocenters. The number of pyridine rings is 1. The standard InChI is InChI=1S/C13H15N3O2/c1-2-6-16-11(8-7-9(8)13(17)18)15-10-4-3-5-14-12(10)16/h3-5,8-9H,2,6-7H2,1H3,(H,17,18). The molecule has 0 amide bonds. The SMILES string of the molecule is CCCn1c(C2CC2C(=O)O)nc2cccnc21. The second-order valence-electron chi connectivity index (χ2n) is 4.75. The van der Waals surface area contributed by atoms with Gasteiger partial charge in [-0.3, -0.25) is 4.79 Å². The van der Waals surface area contributed by atoms with Crippen LogP contribution in [0.3, 0.4) is 0 Å². The van der Waals surface area contributed by atoms with Gasteiger partial charge in [-0.2, -0.15) is 0 Å². The zero-order valence-electron chi connectivity index (χ0n) is 10.2. The maximum absolute atomic E-state index is 11.0. The van der Waals surface area contributed by atoms with Crippen LogP contribution in [0.4, 0.5) is 0 Å². The highest BCUT2D eigenvalue weighted by Crippen LogP contribution is 2.47. The molecule has 1 saturated carbocycles. The van der Waals surface area contributed by atoms with Gasteiger partial charge in [0.05, 0.1) is 5.92 Å². The lowest BCUT2D eigenvalue weighted by atomic mass is 10.3. The maximum atomic E-state index is 11.0. The molecule has 0 aromatic carbocycles. The molecule has 0 saturated heterocycles. The number of carboxylic acid groups (broad SMARTS) is 1. The second-order valence-corrected chi connectivity index (χ2v) is 4.75. The Morgan fingerprint density at radius 2 is 2.44 bits per heavy atom. The van der Waals surface area contributed by atoms with Gasteiger partial charge in [0.1, 0.15) is 11.3 Å². The summed E-state index contributed by atoms with van der Waals surface area (Å²) < 4.78 is 2.07. The van der Waals surface area contributed by atoms with Crippen LogP contribution in [0.25, 0.3) is 11.2 Å². The minimum atomic E-state index is -0.719. The molecule has 5 nitrogen and oxygen atoms in total. The topological polar surface area (TPSA) is 68.0 Å². The number of rotatable bonds is 4. The lowest BCUT2D eigenvalue weighted by Crippen LogP contribution is -2.06. The summed E-state index contributed by atoms with van der Waals surface area (Å²) in [7, 11) is 0. The van der Waals surface area contributed by atoms with Crippen molar-refractivity contribution in [2.24, 2.45) is 5.92 Å². The van der Waals surface area contributed by atoms with Gasteiger partial charge in [0, 0.05) is 18.7 Å². The smallest absolute Gasteiger partial charge is 0.307 e. The van der Waals surface area contributed by atoms with Crippen LogP contribution in [0, 0.1) is 5.92 Å². The van der Waals surface area contributed by atoms with Crippen LogP contribution >= 0.6 is 0 Å². The van der Waals surface area contributed by atoms with E-state index >= 15 is 0 Å². The van der Waals surface area contributed by atoms with E-state index in [9.17, 15) is 4.79 Å². The Kier molecular flexibility index (Phi) is 2.54. The third-order valence-corrected chi connectivity index (χ3v) is 3.42. The lowest BCUT2D eigenvalue weighted by Gasteiger charge is -2.05. The Balaban J connectivity index is 2.06. The first kappa shape index (κ1) is 11.2. The molecule has 18 heavy (non-hydrogen) atoms. The molecule has 0 spiro atoms. The Hall–Kier alpha value is -1.91. The highest BCUT2D eigenvalue weighted by Gasteiger charge is 2.47. The summed E-state index contributed by atoms with van der Waals surface area (Å²) in [6, 6.07) is 3.78. The van der Waals surface area contributed by atoms with Gasteiger partial charge < -0.3 is 9.67 Å². The monoisotopic (exact) mass is 245 g/mol. The normalized spacial score (nSPS) is 22.3. The molecule has 1 aliphatic carbocycles. The van der Waals surface area contributed by atoms with Gasteiger partial charge in [-0.15, -0.1) is 0 Å². The molecule has 0 radical (unpaired) electrons. The van der Waals surface area contributed by atoms with Crippen molar-refractivity contribution >= 4 is 17.1 Å². The summed E-state index contributed by atoms with van der Waals surface area (Å²) in [4.78, 5) is 19.9. The van der Waals surface area contributed by atoms with Crippen molar-refractivity contribution in [1.29, 1.82) is 0 Å². The highest BCUT2D eigenvalue weighted by atomic mass is 16.4. The Bertz CT molecular complexity index is 605. The molecule has 0 aliphatic heterocycles. The first-order valence-electron chi connectivity index (χ1n) is 6.26. The van der Waals surface area contributed by atoms with Crippen LogP contribution in [-0.2, 0) is 11.3 Å². The number of hydrogen-bond donors (Lipinski definition) is 1. The third kappa shape index (κ3) is 1.66. The fourth-order valence-electron chi connectivity index (χ4n) is 2.46. The van der Waals surface area contributed by atoms with Crippen molar-refractivity contribution in [2.75, 3.05) is 0 Å². The summed E-state index contributed by atoms with van der Waals surface area (Å²) in [6.07, 6.45) is 3.43. The highest BCUT2D eigenvalue weighted by molar-refractivity contribution is 5.76. The molecule has 2 heterocycles. The van der Waals surface area contributed by atoms with Crippen LogP contribution < -0.4 is 0 Å². The van der Waals surface area contributed by atoms with Crippen LogP contribution in [0.5, 0.6) is 0 Å². The largest absolute Gasteiger partial charge is 0.481 e. The summed E-state index contributed by atoms with van der Waals surface area (Å²) in [5.74, 6) is -0.0401. The van der Waals surface area contributed by atoms with E-state index in [-0.39, 0.29) is 11.8 Å². The number of aliphatic carboxylic acids is 1. The first-order chi connectivity index (χ1) is 8.72. The zero-order chi connectivity index (χ0) is 12.7. The van der Waals surface area contributed by atoms with Gasteiger partial charge in [0.2, 0.25) is 0 Å². The van der Waals surface area contributed by atoms with Gasteiger partial charge >= 0.3 is 5.97 Å². The number of imidazole rings is 1. The molecule has 1 aliphatic rings. The molecule has 2 unspecified atom stereocenters. The van der Waals surface area contributed by atoms with E-state index in [1.807, 2.05) is 12.1 Å². The zero-order valence-corrected chi connectivity index (χ0v) is 10.2. The van der Waals surface area contributed by atoms with E-state index in [0.717, 1.165) is 30.0 Å². The maximum Gasteiger partial charge on any atom is 0.307 e. The molecule has 1 fully saturated rings. The summed E-state index contributed by atoms with van der Waals surface area (Å²) in [5, 5.41) is 9.03. The Labute approximate surface area is 104 Å². The summed E-state index contributed by atoms with van der Waals surface area (Å²) in [5.41, 5.74) is 1.72. The van der Waals surface area contributed by atoms with Gasteiger partial charge in [-0.25, -0.2) is 9.97 Å². The van der Waals surface area contributed by atoms with E-state index < -0.39 is 5.97 Å². The van der Waals surface area contributed by atoms with Crippen molar-refractivity contribution in [2.45, 2.75) is 32.2 Å². The first-order valence-corrected chi connectivity index (χ1v) is 6.26. The van der Waals surface area contributed by atoms with Crippen LogP contribution in [0.2, 0.25) is 0 Å². The fourth-order valence-corrected chi connectivity index (χ4v) is 2.46. The van der Waals surface area contributed by atoms with Gasteiger partial charge in [0.25, 0.3) is 0 Å². The summed E-state index contributed by atoms with van der Waals surface area (Å²) >= 11 is 0. The molecular formula is C13H15N3O2. The fraction of sp³-hybridized carbons (Fsp3) is 0.462. The average molecular weight is 245 g/mol. The molecule has 1 N–H and O–H groups in total. The van der Waals surface area contributed by atoms with Crippen molar-refractivity contribution in [3.05, 3.63) is 24.2 Å². The predicted octanol–water partition coefficient (Wildman–Crippen LogP) is 2.03. The van der Waals surface area contributed by atoms with Crippen molar-refractivity contribution in [1.82, 2.24) is 14.5 Å². The molecule has 5 heteroatoms. The van der Waals surface area contributed by atoms with E-state index in [1.165, 1.54) is 0 Å². The summed E-state index contributed by atoms with van der Waals surface area (Å²) in [6.45, 7) is 2.94. The van der Waals surface area contributed by atoms with Crippen LogP contribution in [0.1, 0.15) is 31.5 Å². The molecule has 2 aromatic heterocycles. The average Bonchev–Trinajstić information content (AvgIpc) is 3.08. The van der Waals surface area contributed by atoms with E-state index in [2.05, 4.69) is 21.5 Å². The predicted molar refractivity (Wildman–Crippen MR) is 66.3 cm³/mol. The van der Waals surface area contributed by atoms with Crippen LogP contribution in [0.15, 0.2) is 18.3 Å². The van der Waals surface area contributed by atoms with Gasteiger partial charge in [-0.05, 0) is 25.0 Å². The molecule has 94 valence electrons. The van der Waals surface area contributed by atoms with E-state index in [4.69, 9.17) is 5.11 Å². The Morgan fingerprint density at radius 1 is 1.61 bits per heavy atom. The van der Waals surface area contributed by atoms with E-state index in [1.54, 1.807) is 6.20 Å². The number of carbonyl (C=O) groups is 1. The van der Waals surface area contributed by atoms with Crippen molar-refractivity contribution < 1.29 is 9.90 Å². The Morgan fingerprint density at radius 3 is 3.11 bits per heavy atom. The lowest BCUT2D eigenvalue weighted by molar-refractivity contribution is -0.138. The second kappa shape index (κ2) is 4.08. The number of fused-ring (bicyclic) bond motifs is 1. The number of aromatic nitrogens is 3. The number of aryl methyl sites for hydroxylation is 1. The minimum Gasteiger partial charge on any atom is -0.481 e. The van der Waals surface area contributed by atoms with Gasteiger partial charge in [0.15, 0.2) is 5.65 Å². The number of carboxylic acids is 1. The molecule has 0 bridgehead atoms. The number of nitrogens with zero attached hydrogens (tertiary/aromatic N) is 3. The van der Waals surface area contributed by atoms with Gasteiger partial charge in [-0.1, -0.05) is 6.92 Å². The molecule has 3 rings (SSSR count). The minimum absolute atomic E-state index is 0.0586.